The lowest BCUT2D eigenvalue weighted by atomic mass is 10.1. The molecular formula is C33H35FN4O6. The molecule has 0 aliphatic heterocycles. The zero-order valence-electron chi connectivity index (χ0n) is 25.3. The van der Waals surface area contributed by atoms with Gasteiger partial charge in [-0.25, -0.2) is 19.2 Å². The fourth-order valence-electron chi connectivity index (χ4n) is 4.21. The van der Waals surface area contributed by atoms with E-state index in [0.717, 1.165) is 16.8 Å². The van der Waals surface area contributed by atoms with E-state index >= 15 is 0 Å². The highest BCUT2D eigenvalue weighted by atomic mass is 19.1. The molecule has 2 heterocycles. The molecule has 10 nitrogen and oxygen atoms in total. The van der Waals surface area contributed by atoms with E-state index < -0.39 is 30.4 Å². The largest absolute Gasteiger partial charge is 0.511 e. The molecule has 0 aliphatic rings. The van der Waals surface area contributed by atoms with Crippen LogP contribution in [0.2, 0.25) is 0 Å². The lowest BCUT2D eigenvalue weighted by Crippen LogP contribution is -2.25. The number of imidazole rings is 1. The van der Waals surface area contributed by atoms with Gasteiger partial charge in [0.2, 0.25) is 6.79 Å². The van der Waals surface area contributed by atoms with Crippen molar-refractivity contribution in [3.05, 3.63) is 90.1 Å². The number of esters is 1. The number of benzene rings is 2. The molecule has 0 bridgehead atoms. The predicted octanol–water partition coefficient (Wildman–Crippen LogP) is 6.97. The Bertz CT molecular complexity index is 1610. The summed E-state index contributed by atoms with van der Waals surface area (Å²) in [4.78, 5) is 45.9. The molecule has 0 saturated carbocycles. The van der Waals surface area contributed by atoms with Crippen LogP contribution in [-0.4, -0.2) is 45.0 Å². The van der Waals surface area contributed by atoms with Gasteiger partial charge >= 0.3 is 12.1 Å². The molecule has 2 aromatic heterocycles. The Balaban J connectivity index is 1.37. The van der Waals surface area contributed by atoms with Gasteiger partial charge < -0.3 is 24.1 Å². The number of nitrogens with zero attached hydrogens (tertiary/aromatic N) is 3. The highest BCUT2D eigenvalue weighted by Crippen LogP contribution is 2.32. The second-order valence-electron chi connectivity index (χ2n) is 11.3. The van der Waals surface area contributed by atoms with Gasteiger partial charge in [-0.3, -0.25) is 9.59 Å². The molecule has 230 valence electrons. The van der Waals surface area contributed by atoms with Crippen molar-refractivity contribution in [3.63, 3.8) is 0 Å². The van der Waals surface area contributed by atoms with Crippen LogP contribution in [0, 0.1) is 5.82 Å². The van der Waals surface area contributed by atoms with E-state index in [4.69, 9.17) is 14.2 Å². The van der Waals surface area contributed by atoms with Crippen LogP contribution in [0.5, 0.6) is 0 Å². The van der Waals surface area contributed by atoms with E-state index in [1.54, 1.807) is 75.6 Å². The highest BCUT2D eigenvalue weighted by Gasteiger charge is 2.20. The Kier molecular flexibility index (Phi) is 10.1. The van der Waals surface area contributed by atoms with Gasteiger partial charge in [0.15, 0.2) is 0 Å². The molecule has 0 atom stereocenters. The number of rotatable bonds is 10. The average Bonchev–Trinajstić information content (AvgIpc) is 3.42. The number of anilines is 1. The summed E-state index contributed by atoms with van der Waals surface area (Å²) in [5.74, 6) is -1.27. The molecule has 0 fully saturated rings. The van der Waals surface area contributed by atoms with Crippen LogP contribution >= 0.6 is 0 Å². The zero-order chi connectivity index (χ0) is 31.9. The Morgan fingerprint density at radius 1 is 0.955 bits per heavy atom. The van der Waals surface area contributed by atoms with Gasteiger partial charge in [0, 0.05) is 23.7 Å². The van der Waals surface area contributed by atoms with Crippen LogP contribution in [0.3, 0.4) is 0 Å². The summed E-state index contributed by atoms with van der Waals surface area (Å²) in [6, 6.07) is 18.4. The number of hydrogen-bond donors (Lipinski definition) is 1. The highest BCUT2D eigenvalue weighted by molar-refractivity contribution is 6.03. The number of carbonyl (C=O) groups excluding carboxylic acids is 3. The minimum Gasteiger partial charge on any atom is -0.428 e. The molecule has 0 spiro atoms. The average molecular weight is 603 g/mol. The number of aryl methyl sites for hydroxylation is 1. The molecule has 11 heteroatoms. The molecule has 4 rings (SSSR count). The smallest absolute Gasteiger partial charge is 0.428 e. The van der Waals surface area contributed by atoms with Crippen molar-refractivity contribution in [1.29, 1.82) is 0 Å². The summed E-state index contributed by atoms with van der Waals surface area (Å²) >= 11 is 0. The number of halogens is 1. The van der Waals surface area contributed by atoms with Gasteiger partial charge in [-0.15, -0.1) is 0 Å². The first-order valence-electron chi connectivity index (χ1n) is 14.1. The maximum Gasteiger partial charge on any atom is 0.511 e. The molecule has 2 aromatic carbocycles. The van der Waals surface area contributed by atoms with E-state index in [1.165, 1.54) is 12.1 Å². The van der Waals surface area contributed by atoms with Crippen molar-refractivity contribution in [2.24, 2.45) is 0 Å². The quantitative estimate of drug-likeness (QED) is 0.153. The van der Waals surface area contributed by atoms with Gasteiger partial charge in [0.05, 0.1) is 23.4 Å². The van der Waals surface area contributed by atoms with E-state index in [9.17, 15) is 18.8 Å². The summed E-state index contributed by atoms with van der Waals surface area (Å²) < 4.78 is 30.2. The topological polar surface area (TPSA) is 122 Å². The third kappa shape index (κ3) is 8.73. The van der Waals surface area contributed by atoms with Crippen LogP contribution < -0.4 is 5.32 Å². The summed E-state index contributed by atoms with van der Waals surface area (Å²) in [5, 5.41) is 2.85. The fraction of sp³-hybridized carbons (Fsp3) is 0.303. The fourth-order valence-corrected chi connectivity index (χ4v) is 4.21. The van der Waals surface area contributed by atoms with Crippen LogP contribution in [0.1, 0.15) is 63.1 Å². The van der Waals surface area contributed by atoms with Crippen LogP contribution in [-0.2, 0) is 25.4 Å². The van der Waals surface area contributed by atoms with Crippen molar-refractivity contribution in [2.45, 2.75) is 59.1 Å². The monoisotopic (exact) mass is 602 g/mol. The Labute approximate surface area is 255 Å². The molecule has 44 heavy (non-hydrogen) atoms. The Morgan fingerprint density at radius 3 is 2.32 bits per heavy atom. The second-order valence-corrected chi connectivity index (χ2v) is 11.3. The van der Waals surface area contributed by atoms with Crippen molar-refractivity contribution in [2.75, 3.05) is 12.1 Å². The molecular weight excluding hydrogens is 567 g/mol. The number of carbonyl (C=O) groups is 3. The van der Waals surface area contributed by atoms with Gasteiger partial charge in [-0.05, 0) is 95.1 Å². The van der Waals surface area contributed by atoms with Crippen LogP contribution in [0.25, 0.3) is 22.6 Å². The van der Waals surface area contributed by atoms with E-state index in [2.05, 4.69) is 15.3 Å². The lowest BCUT2D eigenvalue weighted by Gasteiger charge is -2.18. The molecule has 0 unspecified atom stereocenters. The van der Waals surface area contributed by atoms with Crippen molar-refractivity contribution >= 4 is 23.7 Å². The predicted molar refractivity (Wildman–Crippen MR) is 162 cm³/mol. The number of pyridine rings is 1. The molecule has 0 aliphatic carbocycles. The molecule has 0 radical (unpaired) electrons. The molecule has 0 saturated heterocycles. The molecule has 1 amide bonds. The first-order chi connectivity index (χ1) is 20.9. The molecule has 4 aromatic rings. The lowest BCUT2D eigenvalue weighted by molar-refractivity contribution is -0.154. The third-order valence-corrected chi connectivity index (χ3v) is 6.31. The molecule has 1 N–H and O–H groups in total. The minimum atomic E-state index is -0.915. The SMILES string of the molecule is CC(C)n1cnc(-c2ccc(F)cc2)c1-c1cccc(C(=O)Nc2ccc(CCC(=O)OCOC(=O)OC(C)(C)C)cc2)n1. The van der Waals surface area contributed by atoms with Gasteiger partial charge in [0.1, 0.15) is 17.1 Å². The maximum absolute atomic E-state index is 13.6. The van der Waals surface area contributed by atoms with Gasteiger partial charge in [0.25, 0.3) is 5.91 Å². The number of ether oxygens (including phenoxy) is 3. The van der Waals surface area contributed by atoms with Crippen LogP contribution in [0.4, 0.5) is 14.9 Å². The third-order valence-electron chi connectivity index (χ3n) is 6.31. The Morgan fingerprint density at radius 2 is 1.66 bits per heavy atom. The summed E-state index contributed by atoms with van der Waals surface area (Å²) in [6.45, 7) is 8.60. The van der Waals surface area contributed by atoms with E-state index in [1.807, 2.05) is 24.5 Å². The number of aromatic nitrogens is 3. The van der Waals surface area contributed by atoms with E-state index in [-0.39, 0.29) is 24.0 Å². The standard InChI is InChI=1S/C33H35FN4O6/c1-21(2)38-19-35-29(23-12-14-24(34)15-13-23)30(38)26-7-6-8-27(37-26)31(40)36-25-16-9-22(10-17-25)11-18-28(39)42-20-43-32(41)44-33(3,4)5/h6-10,12-17,19,21H,11,18,20H2,1-5H3,(H,36,40). The normalized spacial score (nSPS) is 11.2. The van der Waals surface area contributed by atoms with Crippen molar-refractivity contribution < 1.29 is 33.0 Å². The minimum absolute atomic E-state index is 0.0666. The summed E-state index contributed by atoms with van der Waals surface area (Å²) in [6.07, 6.45) is 1.27. The van der Waals surface area contributed by atoms with Gasteiger partial charge in [-0.1, -0.05) is 18.2 Å². The number of hydrogen-bond acceptors (Lipinski definition) is 8. The zero-order valence-corrected chi connectivity index (χ0v) is 25.3. The van der Waals surface area contributed by atoms with Crippen LogP contribution in [0.15, 0.2) is 73.1 Å². The second kappa shape index (κ2) is 13.9. The number of nitrogens with one attached hydrogen (secondary N) is 1. The van der Waals surface area contributed by atoms with Crippen molar-refractivity contribution in [1.82, 2.24) is 14.5 Å². The van der Waals surface area contributed by atoms with Crippen molar-refractivity contribution in [3.8, 4) is 22.6 Å². The van der Waals surface area contributed by atoms with Gasteiger partial charge in [-0.2, -0.15) is 0 Å². The first-order valence-corrected chi connectivity index (χ1v) is 14.1. The summed E-state index contributed by atoms with van der Waals surface area (Å²) in [7, 11) is 0. The number of amides is 1. The summed E-state index contributed by atoms with van der Waals surface area (Å²) in [5.41, 5.74) is 3.56. The first kappa shape index (κ1) is 31.9. The Hall–Kier alpha value is -5.06. The van der Waals surface area contributed by atoms with E-state index in [0.29, 0.717) is 23.5 Å². The maximum atomic E-state index is 13.6.